The number of thioether (sulfide) groups is 1. The zero-order valence-corrected chi connectivity index (χ0v) is 11.4. The Morgan fingerprint density at radius 2 is 2.10 bits per heavy atom. The highest BCUT2D eigenvalue weighted by atomic mass is 32.2. The number of hydrogen-bond donors (Lipinski definition) is 2. The first kappa shape index (κ1) is 11.4. The lowest BCUT2D eigenvalue weighted by atomic mass is 10.3. The molecule has 7 heteroatoms. The predicted octanol–water partition coefficient (Wildman–Crippen LogP) is 2.62. The van der Waals surface area contributed by atoms with Gasteiger partial charge in [-0.2, -0.15) is 0 Å². The molecule has 20 heavy (non-hydrogen) atoms. The molecule has 4 heterocycles. The SMILES string of the molecule is CSc1nccc(-c2nc3c(cnc4[nH]ccc43)[nH]2)n1. The first-order valence-electron chi connectivity index (χ1n) is 6.04. The summed E-state index contributed by atoms with van der Waals surface area (Å²) < 4.78 is 0. The Morgan fingerprint density at radius 1 is 1.15 bits per heavy atom. The van der Waals surface area contributed by atoms with E-state index in [2.05, 4.69) is 29.9 Å². The molecule has 0 unspecified atom stereocenters. The van der Waals surface area contributed by atoms with Gasteiger partial charge in [0.1, 0.15) is 16.9 Å². The van der Waals surface area contributed by atoms with Gasteiger partial charge in [-0.3, -0.25) is 0 Å². The van der Waals surface area contributed by atoms with Gasteiger partial charge in [-0.25, -0.2) is 19.9 Å². The van der Waals surface area contributed by atoms with Crippen LogP contribution >= 0.6 is 11.8 Å². The number of pyridine rings is 1. The minimum atomic E-state index is 0.730. The van der Waals surface area contributed by atoms with E-state index in [0.717, 1.165) is 38.7 Å². The molecule has 0 bridgehead atoms. The third-order valence-corrected chi connectivity index (χ3v) is 3.66. The van der Waals surface area contributed by atoms with Crippen LogP contribution in [0.1, 0.15) is 0 Å². The van der Waals surface area contributed by atoms with Crippen LogP contribution < -0.4 is 0 Å². The van der Waals surface area contributed by atoms with E-state index in [1.54, 1.807) is 12.4 Å². The van der Waals surface area contributed by atoms with E-state index in [1.165, 1.54) is 11.8 Å². The van der Waals surface area contributed by atoms with Gasteiger partial charge in [-0.05, 0) is 18.4 Å². The first-order valence-corrected chi connectivity index (χ1v) is 7.27. The van der Waals surface area contributed by atoms with Crippen LogP contribution in [0.3, 0.4) is 0 Å². The van der Waals surface area contributed by atoms with Crippen LogP contribution in [0.5, 0.6) is 0 Å². The normalized spacial score (nSPS) is 11.4. The van der Waals surface area contributed by atoms with Gasteiger partial charge in [0.25, 0.3) is 0 Å². The molecule has 0 saturated heterocycles. The number of nitrogens with one attached hydrogen (secondary N) is 2. The molecule has 0 radical (unpaired) electrons. The zero-order chi connectivity index (χ0) is 13.5. The van der Waals surface area contributed by atoms with Gasteiger partial charge in [0, 0.05) is 17.8 Å². The van der Waals surface area contributed by atoms with E-state index < -0.39 is 0 Å². The minimum Gasteiger partial charge on any atom is -0.346 e. The molecule has 0 aliphatic heterocycles. The quantitative estimate of drug-likeness (QED) is 0.436. The standard InChI is InChI=1S/C13H10N6S/c1-20-13-15-5-3-8(18-13)12-17-9-6-16-11-7(2-4-14-11)10(9)19-12/h2-6H,1H3,(H,14,16)(H,17,19). The number of imidazole rings is 1. The molecule has 0 atom stereocenters. The van der Waals surface area contributed by atoms with Crippen molar-refractivity contribution in [1.29, 1.82) is 0 Å². The monoisotopic (exact) mass is 282 g/mol. The summed E-state index contributed by atoms with van der Waals surface area (Å²) in [6.45, 7) is 0. The lowest BCUT2D eigenvalue weighted by Crippen LogP contribution is -1.90. The zero-order valence-electron chi connectivity index (χ0n) is 10.6. The summed E-state index contributed by atoms with van der Waals surface area (Å²) in [6, 6.07) is 3.82. The van der Waals surface area contributed by atoms with Gasteiger partial charge >= 0.3 is 0 Å². The van der Waals surface area contributed by atoms with E-state index in [-0.39, 0.29) is 0 Å². The molecule has 0 aliphatic carbocycles. The number of hydrogen-bond acceptors (Lipinski definition) is 5. The fraction of sp³-hybridized carbons (Fsp3) is 0.0769. The molecule has 0 aromatic carbocycles. The largest absolute Gasteiger partial charge is 0.346 e. The Labute approximate surface area is 118 Å². The Kier molecular flexibility index (Phi) is 2.46. The molecule has 0 aliphatic rings. The highest BCUT2D eigenvalue weighted by Gasteiger charge is 2.11. The van der Waals surface area contributed by atoms with Crippen molar-refractivity contribution < 1.29 is 0 Å². The van der Waals surface area contributed by atoms with E-state index >= 15 is 0 Å². The summed E-state index contributed by atoms with van der Waals surface area (Å²) >= 11 is 1.51. The van der Waals surface area contributed by atoms with Crippen molar-refractivity contribution in [1.82, 2.24) is 29.9 Å². The molecule has 6 nitrogen and oxygen atoms in total. The maximum absolute atomic E-state index is 4.64. The topological polar surface area (TPSA) is 83.1 Å². The predicted molar refractivity (Wildman–Crippen MR) is 78.6 cm³/mol. The highest BCUT2D eigenvalue weighted by molar-refractivity contribution is 7.98. The van der Waals surface area contributed by atoms with Crippen molar-refractivity contribution in [3.05, 3.63) is 30.7 Å². The molecule has 4 aromatic rings. The van der Waals surface area contributed by atoms with E-state index in [0.29, 0.717) is 0 Å². The van der Waals surface area contributed by atoms with Gasteiger partial charge < -0.3 is 9.97 Å². The average molecular weight is 282 g/mol. The van der Waals surface area contributed by atoms with Crippen molar-refractivity contribution in [3.63, 3.8) is 0 Å². The summed E-state index contributed by atoms with van der Waals surface area (Å²) in [7, 11) is 0. The average Bonchev–Trinajstić information content (AvgIpc) is 3.12. The van der Waals surface area contributed by atoms with E-state index in [9.17, 15) is 0 Å². The van der Waals surface area contributed by atoms with Gasteiger partial charge in [-0.1, -0.05) is 11.8 Å². The van der Waals surface area contributed by atoms with Crippen molar-refractivity contribution in [3.8, 4) is 11.5 Å². The molecular weight excluding hydrogens is 272 g/mol. The second-order valence-electron chi connectivity index (χ2n) is 4.27. The molecule has 4 rings (SSSR count). The number of fused-ring (bicyclic) bond motifs is 3. The Balaban J connectivity index is 1.95. The molecule has 98 valence electrons. The maximum Gasteiger partial charge on any atom is 0.187 e. The summed E-state index contributed by atoms with van der Waals surface area (Å²) in [6.07, 6.45) is 7.33. The third kappa shape index (κ3) is 1.67. The summed E-state index contributed by atoms with van der Waals surface area (Å²) in [5.74, 6) is 0.730. The Bertz CT molecular complexity index is 909. The van der Waals surface area contributed by atoms with Crippen LogP contribution in [-0.4, -0.2) is 36.2 Å². The number of rotatable bonds is 2. The van der Waals surface area contributed by atoms with Crippen LogP contribution in [0.25, 0.3) is 33.6 Å². The van der Waals surface area contributed by atoms with Crippen molar-refractivity contribution >= 4 is 33.8 Å². The van der Waals surface area contributed by atoms with Gasteiger partial charge in [-0.15, -0.1) is 0 Å². The first-order chi connectivity index (χ1) is 9.85. The van der Waals surface area contributed by atoms with E-state index in [1.807, 2.05) is 24.6 Å². The van der Waals surface area contributed by atoms with Crippen molar-refractivity contribution in [2.24, 2.45) is 0 Å². The number of aromatic nitrogens is 6. The fourth-order valence-corrected chi connectivity index (χ4v) is 2.52. The lowest BCUT2D eigenvalue weighted by Gasteiger charge is -1.97. The third-order valence-electron chi connectivity index (χ3n) is 3.09. The van der Waals surface area contributed by atoms with Gasteiger partial charge in [0.2, 0.25) is 0 Å². The molecule has 0 fully saturated rings. The second-order valence-corrected chi connectivity index (χ2v) is 5.05. The lowest BCUT2D eigenvalue weighted by molar-refractivity contribution is 0.968. The molecule has 4 aromatic heterocycles. The smallest absolute Gasteiger partial charge is 0.187 e. The number of nitrogens with zero attached hydrogens (tertiary/aromatic N) is 4. The maximum atomic E-state index is 4.64. The Morgan fingerprint density at radius 3 is 3.00 bits per heavy atom. The van der Waals surface area contributed by atoms with Gasteiger partial charge in [0.15, 0.2) is 11.0 Å². The number of aromatic amines is 2. The summed E-state index contributed by atoms with van der Waals surface area (Å²) in [5.41, 5.74) is 3.42. The minimum absolute atomic E-state index is 0.730. The Hall–Kier alpha value is -2.41. The van der Waals surface area contributed by atoms with Crippen LogP contribution in [-0.2, 0) is 0 Å². The van der Waals surface area contributed by atoms with Crippen LogP contribution in [0.4, 0.5) is 0 Å². The molecule has 0 amide bonds. The summed E-state index contributed by atoms with van der Waals surface area (Å²) in [5, 5.41) is 1.73. The van der Waals surface area contributed by atoms with E-state index in [4.69, 9.17) is 0 Å². The van der Waals surface area contributed by atoms with Crippen LogP contribution in [0, 0.1) is 0 Å². The second kappa shape index (κ2) is 4.31. The molecule has 0 spiro atoms. The molecule has 0 saturated carbocycles. The highest BCUT2D eigenvalue weighted by Crippen LogP contribution is 2.24. The van der Waals surface area contributed by atoms with Crippen molar-refractivity contribution in [2.75, 3.05) is 6.26 Å². The molecule has 2 N–H and O–H groups in total. The van der Waals surface area contributed by atoms with Gasteiger partial charge in [0.05, 0.1) is 11.7 Å². The van der Waals surface area contributed by atoms with Crippen molar-refractivity contribution in [2.45, 2.75) is 5.16 Å². The van der Waals surface area contributed by atoms with Crippen LogP contribution in [0.15, 0.2) is 35.9 Å². The fourth-order valence-electron chi connectivity index (χ4n) is 2.17. The number of H-pyrrole nitrogens is 2. The summed E-state index contributed by atoms with van der Waals surface area (Å²) in [4.78, 5) is 24.0. The molecular formula is C13H10N6S. The van der Waals surface area contributed by atoms with Crippen LogP contribution in [0.2, 0.25) is 0 Å².